The summed E-state index contributed by atoms with van der Waals surface area (Å²) in [7, 11) is 1.36. The van der Waals surface area contributed by atoms with Crippen LogP contribution in [-0.2, 0) is 9.59 Å². The van der Waals surface area contributed by atoms with Crippen LogP contribution in [0, 0.1) is 22.0 Å². The molecule has 0 N–H and O–H groups in total. The lowest BCUT2D eigenvalue weighted by Crippen LogP contribution is -2.48. The van der Waals surface area contributed by atoms with Gasteiger partial charge in [0.15, 0.2) is 5.78 Å². The van der Waals surface area contributed by atoms with E-state index in [0.717, 1.165) is 22.2 Å². The summed E-state index contributed by atoms with van der Waals surface area (Å²) in [5.74, 6) is -3.04. The van der Waals surface area contributed by atoms with Crippen LogP contribution in [0.5, 0.6) is 5.75 Å². The van der Waals surface area contributed by atoms with E-state index in [1.165, 1.54) is 19.2 Å². The fourth-order valence-corrected chi connectivity index (χ4v) is 5.79. The van der Waals surface area contributed by atoms with E-state index in [2.05, 4.69) is 0 Å². The summed E-state index contributed by atoms with van der Waals surface area (Å²) in [4.78, 5) is 55.6. The van der Waals surface area contributed by atoms with Crippen molar-refractivity contribution in [2.75, 3.05) is 16.9 Å². The molecule has 2 fully saturated rings. The maximum atomic E-state index is 14.0. The standard InChI is InChI=1S/C28H21N3O6/c1-37-22-14-12-18(31(35)36)15-21(22)30-27(33)23-20-13-11-16-7-5-6-10-19(16)29(20)25(24(23)28(30)34)26(32)17-8-3-2-4-9-17/h2-15,20,23-25H,1H3/t20-,23+,24+,25+/m1/s1. The number of anilines is 2. The second kappa shape index (κ2) is 8.41. The quantitative estimate of drug-likeness (QED) is 0.229. The van der Waals surface area contributed by atoms with E-state index in [9.17, 15) is 24.5 Å². The van der Waals surface area contributed by atoms with Crippen molar-refractivity contribution in [2.24, 2.45) is 11.8 Å². The fraction of sp³-hybridized carbons (Fsp3) is 0.179. The monoisotopic (exact) mass is 495 g/mol. The maximum Gasteiger partial charge on any atom is 0.271 e. The highest BCUT2D eigenvalue weighted by Gasteiger charge is 2.64. The number of Topliss-reactive ketones (excluding diaryl/α,β-unsaturated/α-hetero) is 1. The van der Waals surface area contributed by atoms with E-state index < -0.39 is 40.7 Å². The topological polar surface area (TPSA) is 110 Å². The number of hydrogen-bond donors (Lipinski definition) is 0. The molecule has 6 rings (SSSR count). The van der Waals surface area contributed by atoms with E-state index in [0.29, 0.717) is 5.56 Å². The van der Waals surface area contributed by atoms with Gasteiger partial charge in [-0.15, -0.1) is 0 Å². The molecule has 0 unspecified atom stereocenters. The Morgan fingerprint density at radius 2 is 1.62 bits per heavy atom. The van der Waals surface area contributed by atoms with Crippen LogP contribution < -0.4 is 14.5 Å². The van der Waals surface area contributed by atoms with Gasteiger partial charge in [0, 0.05) is 23.4 Å². The number of non-ortho nitro benzene ring substituents is 1. The van der Waals surface area contributed by atoms with Crippen molar-refractivity contribution in [3.8, 4) is 5.75 Å². The Morgan fingerprint density at radius 3 is 2.35 bits per heavy atom. The number of para-hydroxylation sites is 1. The Bertz CT molecular complexity index is 1500. The normalized spacial score (nSPS) is 23.5. The predicted octanol–water partition coefficient (Wildman–Crippen LogP) is 3.88. The van der Waals surface area contributed by atoms with Gasteiger partial charge in [0.1, 0.15) is 17.5 Å². The van der Waals surface area contributed by atoms with E-state index in [-0.39, 0.29) is 22.9 Å². The summed E-state index contributed by atoms with van der Waals surface area (Å²) in [5, 5.41) is 11.4. The first-order chi connectivity index (χ1) is 17.9. The zero-order valence-electron chi connectivity index (χ0n) is 19.7. The SMILES string of the molecule is COc1ccc([N+](=O)[O-])cc1N1C(=O)[C@@H]2[C@H](C1=O)[C@@H](C(=O)c1ccccc1)N1c3ccccc3C=C[C@H]21. The van der Waals surface area contributed by atoms with Gasteiger partial charge in [-0.1, -0.05) is 60.7 Å². The number of amides is 2. The van der Waals surface area contributed by atoms with Crippen molar-refractivity contribution >= 4 is 40.7 Å². The molecule has 184 valence electrons. The van der Waals surface area contributed by atoms with Gasteiger partial charge in [0.2, 0.25) is 11.8 Å². The van der Waals surface area contributed by atoms with Gasteiger partial charge in [-0.05, 0) is 17.7 Å². The molecule has 3 heterocycles. The first kappa shape index (κ1) is 22.7. The van der Waals surface area contributed by atoms with Gasteiger partial charge >= 0.3 is 0 Å². The van der Waals surface area contributed by atoms with Crippen LogP contribution in [0.4, 0.5) is 17.1 Å². The van der Waals surface area contributed by atoms with Gasteiger partial charge in [0.05, 0.1) is 29.9 Å². The number of imide groups is 1. The summed E-state index contributed by atoms with van der Waals surface area (Å²) in [6.45, 7) is 0. The minimum Gasteiger partial charge on any atom is -0.495 e. The van der Waals surface area contributed by atoms with Crippen molar-refractivity contribution in [1.29, 1.82) is 0 Å². The van der Waals surface area contributed by atoms with E-state index >= 15 is 0 Å². The second-order valence-corrected chi connectivity index (χ2v) is 9.17. The zero-order chi connectivity index (χ0) is 25.8. The van der Waals surface area contributed by atoms with Crippen molar-refractivity contribution < 1.29 is 24.0 Å². The molecule has 0 aromatic heterocycles. The number of benzene rings is 3. The van der Waals surface area contributed by atoms with Crippen LogP contribution in [0.15, 0.2) is 78.9 Å². The van der Waals surface area contributed by atoms with Crippen molar-refractivity contribution in [1.82, 2.24) is 0 Å². The number of nitrogens with zero attached hydrogens (tertiary/aromatic N) is 3. The lowest BCUT2D eigenvalue weighted by Gasteiger charge is -2.36. The number of hydrogen-bond acceptors (Lipinski definition) is 7. The first-order valence-electron chi connectivity index (χ1n) is 11.8. The Kier molecular flexibility index (Phi) is 5.15. The molecule has 9 heteroatoms. The number of nitro benzene ring substituents is 1. The molecule has 37 heavy (non-hydrogen) atoms. The van der Waals surface area contributed by atoms with E-state index in [1.54, 1.807) is 30.3 Å². The molecule has 9 nitrogen and oxygen atoms in total. The molecule has 0 radical (unpaired) electrons. The smallest absolute Gasteiger partial charge is 0.271 e. The van der Waals surface area contributed by atoms with Crippen LogP contribution in [0.1, 0.15) is 15.9 Å². The number of fused-ring (bicyclic) bond motifs is 5. The van der Waals surface area contributed by atoms with Gasteiger partial charge < -0.3 is 9.64 Å². The molecule has 2 amide bonds. The Hall–Kier alpha value is -4.79. The lowest BCUT2D eigenvalue weighted by molar-refractivity contribution is -0.384. The van der Waals surface area contributed by atoms with Crippen LogP contribution in [0.2, 0.25) is 0 Å². The minimum atomic E-state index is -0.981. The molecule has 2 saturated heterocycles. The highest BCUT2D eigenvalue weighted by atomic mass is 16.6. The van der Waals surface area contributed by atoms with Crippen LogP contribution in [0.3, 0.4) is 0 Å². The predicted molar refractivity (Wildman–Crippen MR) is 135 cm³/mol. The third-order valence-corrected chi connectivity index (χ3v) is 7.36. The summed E-state index contributed by atoms with van der Waals surface area (Å²) in [6.07, 6.45) is 3.76. The van der Waals surface area contributed by atoms with Crippen molar-refractivity contribution in [3.05, 3.63) is 100 Å². The lowest BCUT2D eigenvalue weighted by atomic mass is 9.86. The fourth-order valence-electron chi connectivity index (χ4n) is 5.79. The number of carbonyl (C=O) groups excluding carboxylic acids is 3. The van der Waals surface area contributed by atoms with E-state index in [4.69, 9.17) is 4.74 Å². The molecule has 3 aliphatic heterocycles. The van der Waals surface area contributed by atoms with Gasteiger partial charge in [-0.3, -0.25) is 24.5 Å². The minimum absolute atomic E-state index is 0.00116. The van der Waals surface area contributed by atoms with Gasteiger partial charge in [-0.25, -0.2) is 4.90 Å². The average molecular weight is 495 g/mol. The molecule has 3 aliphatic rings. The number of nitro groups is 1. The zero-order valence-corrected chi connectivity index (χ0v) is 19.7. The molecule has 3 aromatic rings. The summed E-state index contributed by atoms with van der Waals surface area (Å²) < 4.78 is 5.35. The number of ketones is 1. The molecule has 3 aromatic carbocycles. The summed E-state index contributed by atoms with van der Waals surface area (Å²) in [6, 6.07) is 18.5. The Balaban J connectivity index is 1.51. The first-order valence-corrected chi connectivity index (χ1v) is 11.8. The van der Waals surface area contributed by atoms with E-state index in [1.807, 2.05) is 41.3 Å². The third kappa shape index (κ3) is 3.27. The molecule has 0 spiro atoms. The van der Waals surface area contributed by atoms with Crippen LogP contribution in [0.25, 0.3) is 6.08 Å². The van der Waals surface area contributed by atoms with Crippen molar-refractivity contribution in [2.45, 2.75) is 12.1 Å². The molecule has 4 atom stereocenters. The molecule has 0 saturated carbocycles. The summed E-state index contributed by atoms with van der Waals surface area (Å²) in [5.41, 5.74) is 1.82. The number of carbonyl (C=O) groups is 3. The largest absolute Gasteiger partial charge is 0.495 e. The highest BCUT2D eigenvalue weighted by molar-refractivity contribution is 6.26. The molecular weight excluding hydrogens is 474 g/mol. The van der Waals surface area contributed by atoms with Crippen LogP contribution in [-0.4, -0.2) is 41.7 Å². The number of ether oxygens (including phenoxy) is 1. The average Bonchev–Trinajstić information content (AvgIpc) is 3.40. The second-order valence-electron chi connectivity index (χ2n) is 9.17. The maximum absolute atomic E-state index is 14.0. The number of methoxy groups -OCH3 is 1. The summed E-state index contributed by atoms with van der Waals surface area (Å²) >= 11 is 0. The molecule has 0 aliphatic carbocycles. The van der Waals surface area contributed by atoms with Gasteiger partial charge in [0.25, 0.3) is 5.69 Å². The Morgan fingerprint density at radius 1 is 0.919 bits per heavy atom. The third-order valence-electron chi connectivity index (χ3n) is 7.36. The Labute approximate surface area is 211 Å². The molecular formula is C28H21N3O6. The molecule has 0 bridgehead atoms. The highest BCUT2D eigenvalue weighted by Crippen LogP contribution is 2.51. The van der Waals surface area contributed by atoms with Crippen molar-refractivity contribution in [3.63, 3.8) is 0 Å². The van der Waals surface area contributed by atoms with Gasteiger partial charge in [-0.2, -0.15) is 0 Å². The number of rotatable bonds is 5. The van der Waals surface area contributed by atoms with Crippen LogP contribution >= 0.6 is 0 Å².